The number of nitriles is 2. The third kappa shape index (κ3) is 3.75. The lowest BCUT2D eigenvalue weighted by molar-refractivity contribution is 0.668. The van der Waals surface area contributed by atoms with Gasteiger partial charge in [-0.1, -0.05) is 54.6 Å². The van der Waals surface area contributed by atoms with Crippen LogP contribution in [0.2, 0.25) is 0 Å². The van der Waals surface area contributed by atoms with Crippen LogP contribution in [0.1, 0.15) is 11.1 Å². The summed E-state index contributed by atoms with van der Waals surface area (Å²) in [5.41, 5.74) is 10.2. The van der Waals surface area contributed by atoms with Crippen LogP contribution in [0.3, 0.4) is 0 Å². The van der Waals surface area contributed by atoms with Gasteiger partial charge in [0.25, 0.3) is 0 Å². The van der Waals surface area contributed by atoms with Gasteiger partial charge in [0, 0.05) is 21.5 Å². The van der Waals surface area contributed by atoms with E-state index in [1.807, 2.05) is 54.6 Å². The molecule has 2 heterocycles. The summed E-state index contributed by atoms with van der Waals surface area (Å²) in [4.78, 5) is 0. The van der Waals surface area contributed by atoms with Gasteiger partial charge in [-0.25, -0.2) is 0 Å². The van der Waals surface area contributed by atoms with Crippen LogP contribution in [0, 0.1) is 22.7 Å². The molecule has 42 heavy (non-hydrogen) atoms. The molecule has 0 spiro atoms. The Kier molecular flexibility index (Phi) is 5.22. The van der Waals surface area contributed by atoms with Gasteiger partial charge in [0.2, 0.25) is 0 Å². The Balaban J connectivity index is 1.36. The van der Waals surface area contributed by atoms with Crippen LogP contribution in [-0.2, 0) is 0 Å². The standard InChI is InChI=1S/C38H20N2O2/c39-21-26-10-9-23(15-30(26)22-40)27-16-28(24-11-13-37-33(19-24)31-5-1-3-7-35(31)41-37)18-29(17-27)25-12-14-38-34(20-25)32-6-2-4-8-36(32)42-38/h1-20H. The van der Waals surface area contributed by atoms with E-state index in [0.29, 0.717) is 11.1 Å². The quantitative estimate of drug-likeness (QED) is 0.225. The third-order valence-electron chi connectivity index (χ3n) is 7.95. The van der Waals surface area contributed by atoms with Gasteiger partial charge in [-0.2, -0.15) is 10.5 Å². The fraction of sp³-hybridized carbons (Fsp3) is 0. The highest BCUT2D eigenvalue weighted by molar-refractivity contribution is 6.07. The molecule has 4 heteroatoms. The lowest BCUT2D eigenvalue weighted by Gasteiger charge is -2.12. The minimum atomic E-state index is 0.361. The first kappa shape index (κ1) is 23.8. The number of rotatable bonds is 3. The van der Waals surface area contributed by atoms with E-state index >= 15 is 0 Å². The van der Waals surface area contributed by atoms with Gasteiger partial charge in [-0.05, 0) is 100 Å². The molecule has 0 atom stereocenters. The minimum Gasteiger partial charge on any atom is -0.456 e. The second-order valence-corrected chi connectivity index (χ2v) is 10.4. The molecule has 0 N–H and O–H groups in total. The lowest BCUT2D eigenvalue weighted by atomic mass is 9.91. The summed E-state index contributed by atoms with van der Waals surface area (Å²) in [6.45, 7) is 0. The molecule has 6 aromatic carbocycles. The molecule has 0 bridgehead atoms. The van der Waals surface area contributed by atoms with Gasteiger partial charge in [-0.15, -0.1) is 0 Å². The van der Waals surface area contributed by atoms with Crippen LogP contribution < -0.4 is 0 Å². The zero-order chi connectivity index (χ0) is 28.2. The molecule has 0 aliphatic rings. The molecule has 4 nitrogen and oxygen atoms in total. The monoisotopic (exact) mass is 536 g/mol. The van der Waals surface area contributed by atoms with Crippen molar-refractivity contribution in [3.8, 4) is 45.5 Å². The van der Waals surface area contributed by atoms with E-state index < -0.39 is 0 Å². The van der Waals surface area contributed by atoms with Gasteiger partial charge in [0.1, 0.15) is 34.5 Å². The molecule has 0 amide bonds. The van der Waals surface area contributed by atoms with E-state index in [-0.39, 0.29) is 0 Å². The van der Waals surface area contributed by atoms with Gasteiger partial charge < -0.3 is 8.83 Å². The molecular weight excluding hydrogens is 516 g/mol. The summed E-state index contributed by atoms with van der Waals surface area (Å²) < 4.78 is 12.2. The van der Waals surface area contributed by atoms with Crippen LogP contribution in [0.5, 0.6) is 0 Å². The largest absolute Gasteiger partial charge is 0.456 e. The highest BCUT2D eigenvalue weighted by Gasteiger charge is 2.14. The summed E-state index contributed by atoms with van der Waals surface area (Å²) in [5, 5.41) is 23.4. The number of benzene rings is 6. The first-order valence-corrected chi connectivity index (χ1v) is 13.6. The minimum absolute atomic E-state index is 0.361. The van der Waals surface area contributed by atoms with Crippen molar-refractivity contribution in [3.63, 3.8) is 0 Å². The Hall–Kier alpha value is -6.10. The molecule has 194 valence electrons. The Morgan fingerprint density at radius 3 is 1.29 bits per heavy atom. The van der Waals surface area contributed by atoms with Crippen molar-refractivity contribution in [3.05, 3.63) is 132 Å². The smallest absolute Gasteiger partial charge is 0.135 e. The zero-order valence-electron chi connectivity index (χ0n) is 22.3. The van der Waals surface area contributed by atoms with Crippen LogP contribution >= 0.6 is 0 Å². The van der Waals surface area contributed by atoms with Crippen molar-refractivity contribution in [1.29, 1.82) is 10.5 Å². The first-order valence-electron chi connectivity index (χ1n) is 13.6. The number of nitrogens with zero attached hydrogens (tertiary/aromatic N) is 2. The fourth-order valence-electron chi connectivity index (χ4n) is 5.85. The topological polar surface area (TPSA) is 73.9 Å². The number of hydrogen-bond acceptors (Lipinski definition) is 4. The molecule has 0 unspecified atom stereocenters. The average Bonchev–Trinajstić information content (AvgIpc) is 3.61. The summed E-state index contributed by atoms with van der Waals surface area (Å²) in [7, 11) is 0. The van der Waals surface area contributed by atoms with Gasteiger partial charge >= 0.3 is 0 Å². The van der Waals surface area contributed by atoms with E-state index in [2.05, 4.69) is 66.7 Å². The number of hydrogen-bond donors (Lipinski definition) is 0. The molecule has 8 aromatic rings. The first-order chi connectivity index (χ1) is 20.7. The normalized spacial score (nSPS) is 11.3. The van der Waals surface area contributed by atoms with Gasteiger partial charge in [0.05, 0.1) is 11.1 Å². The van der Waals surface area contributed by atoms with Crippen LogP contribution in [-0.4, -0.2) is 0 Å². The molecule has 0 aliphatic carbocycles. The number of para-hydroxylation sites is 2. The van der Waals surface area contributed by atoms with E-state index in [0.717, 1.165) is 77.3 Å². The number of fused-ring (bicyclic) bond motifs is 6. The van der Waals surface area contributed by atoms with Crippen molar-refractivity contribution in [2.45, 2.75) is 0 Å². The predicted octanol–water partition coefficient (Wildman–Crippen LogP) is 10.2. The Labute approximate surface area is 240 Å². The third-order valence-corrected chi connectivity index (χ3v) is 7.95. The molecule has 0 aliphatic heterocycles. The van der Waals surface area contributed by atoms with Crippen molar-refractivity contribution in [2.24, 2.45) is 0 Å². The van der Waals surface area contributed by atoms with E-state index in [4.69, 9.17) is 8.83 Å². The van der Waals surface area contributed by atoms with Crippen molar-refractivity contribution < 1.29 is 8.83 Å². The van der Waals surface area contributed by atoms with Crippen LogP contribution in [0.15, 0.2) is 130 Å². The summed E-state index contributed by atoms with van der Waals surface area (Å²) in [6, 6.07) is 44.9. The highest BCUT2D eigenvalue weighted by atomic mass is 16.3. The zero-order valence-corrected chi connectivity index (χ0v) is 22.3. The van der Waals surface area contributed by atoms with Crippen molar-refractivity contribution in [2.75, 3.05) is 0 Å². The van der Waals surface area contributed by atoms with E-state index in [1.165, 1.54) is 0 Å². The van der Waals surface area contributed by atoms with E-state index in [1.54, 1.807) is 12.1 Å². The Bertz CT molecular complexity index is 2310. The predicted molar refractivity (Wildman–Crippen MR) is 167 cm³/mol. The molecular formula is C38H20N2O2. The molecule has 2 aromatic heterocycles. The van der Waals surface area contributed by atoms with Crippen LogP contribution in [0.4, 0.5) is 0 Å². The molecule has 0 saturated heterocycles. The SMILES string of the molecule is N#Cc1ccc(-c2cc(-c3ccc4oc5ccccc5c4c3)cc(-c3ccc4oc5ccccc5c4c3)c2)cc1C#N. The summed E-state index contributed by atoms with van der Waals surface area (Å²) in [6.07, 6.45) is 0. The average molecular weight is 537 g/mol. The fourth-order valence-corrected chi connectivity index (χ4v) is 5.85. The summed E-state index contributed by atoms with van der Waals surface area (Å²) >= 11 is 0. The maximum absolute atomic E-state index is 9.70. The van der Waals surface area contributed by atoms with Crippen molar-refractivity contribution in [1.82, 2.24) is 0 Å². The second-order valence-electron chi connectivity index (χ2n) is 10.4. The second kappa shape index (κ2) is 9.24. The maximum Gasteiger partial charge on any atom is 0.135 e. The van der Waals surface area contributed by atoms with Crippen LogP contribution in [0.25, 0.3) is 77.3 Å². The van der Waals surface area contributed by atoms with Gasteiger partial charge in [0.15, 0.2) is 0 Å². The maximum atomic E-state index is 9.70. The van der Waals surface area contributed by atoms with Gasteiger partial charge in [-0.3, -0.25) is 0 Å². The molecule has 0 saturated carbocycles. The lowest BCUT2D eigenvalue weighted by Crippen LogP contribution is -1.89. The van der Waals surface area contributed by atoms with Crippen molar-refractivity contribution >= 4 is 43.9 Å². The van der Waals surface area contributed by atoms with E-state index in [9.17, 15) is 10.5 Å². The Morgan fingerprint density at radius 1 is 0.357 bits per heavy atom. The highest BCUT2D eigenvalue weighted by Crippen LogP contribution is 2.38. The molecule has 0 radical (unpaired) electrons. The number of furan rings is 2. The molecule has 8 rings (SSSR count). The summed E-state index contributed by atoms with van der Waals surface area (Å²) in [5.74, 6) is 0. The molecule has 0 fully saturated rings. The Morgan fingerprint density at radius 2 is 0.786 bits per heavy atom.